The van der Waals surface area contributed by atoms with Crippen LogP contribution >= 0.6 is 23.2 Å². The molecule has 1 rings (SSSR count). The number of nitrogens with zero attached hydrogens (tertiary/aromatic N) is 1. The second-order valence-corrected chi connectivity index (χ2v) is 3.54. The molecule has 4 heteroatoms. The first-order valence-corrected chi connectivity index (χ1v) is 5.05. The van der Waals surface area contributed by atoms with Gasteiger partial charge in [-0.2, -0.15) is 0 Å². The topological polar surface area (TPSA) is 24.9 Å². The fraction of sp³-hybridized carbons (Fsp3) is 0.444. The number of hydrogen-bond acceptors (Lipinski definition) is 2. The van der Waals surface area contributed by atoms with Crippen LogP contribution in [0.15, 0.2) is 12.1 Å². The maximum Gasteiger partial charge on any atom is 0.146 e. The highest BCUT2D eigenvalue weighted by Crippen LogP contribution is 2.21. The summed E-state index contributed by atoms with van der Waals surface area (Å²) in [5.41, 5.74) is 0. The molecule has 0 atom stereocenters. The quantitative estimate of drug-likeness (QED) is 0.618. The summed E-state index contributed by atoms with van der Waals surface area (Å²) in [6.45, 7) is 3.01. The molecule has 1 aromatic rings. The zero-order valence-corrected chi connectivity index (χ0v) is 8.99. The van der Waals surface area contributed by atoms with Crippen LogP contribution in [-0.4, -0.2) is 11.5 Å². The smallest absolute Gasteiger partial charge is 0.146 e. The van der Waals surface area contributed by atoms with E-state index in [1.54, 1.807) is 12.1 Å². The normalized spacial score (nSPS) is 10.1. The molecule has 0 aliphatic heterocycles. The van der Waals surface area contributed by atoms with Gasteiger partial charge in [-0.3, -0.25) is 0 Å². The summed E-state index contributed by atoms with van der Waals surface area (Å²) in [5.74, 6) is 0.669. The van der Waals surface area contributed by atoms with Crippen molar-refractivity contribution >= 4 is 29.0 Å². The van der Waals surface area contributed by atoms with E-state index >= 15 is 0 Å². The summed E-state index contributed by atoms with van der Waals surface area (Å²) in [4.78, 5) is 4.07. The Hall–Kier alpha value is -0.470. The van der Waals surface area contributed by atoms with Crippen LogP contribution < -0.4 is 5.32 Å². The van der Waals surface area contributed by atoms with Gasteiger partial charge in [-0.1, -0.05) is 36.5 Å². The Morgan fingerprint density at radius 3 is 2.85 bits per heavy atom. The van der Waals surface area contributed by atoms with Gasteiger partial charge in [0.15, 0.2) is 0 Å². The number of hydrogen-bond donors (Lipinski definition) is 1. The van der Waals surface area contributed by atoms with Gasteiger partial charge in [0.05, 0.1) is 5.02 Å². The highest BCUT2D eigenvalue weighted by molar-refractivity contribution is 6.34. The fourth-order valence-corrected chi connectivity index (χ4v) is 1.25. The molecule has 0 radical (unpaired) electrons. The maximum atomic E-state index is 5.89. The van der Waals surface area contributed by atoms with Crippen molar-refractivity contribution in [3.63, 3.8) is 0 Å². The molecule has 0 spiro atoms. The number of halogens is 2. The van der Waals surface area contributed by atoms with Gasteiger partial charge in [-0.25, -0.2) is 4.98 Å². The van der Waals surface area contributed by atoms with Crippen LogP contribution in [0.2, 0.25) is 10.2 Å². The minimum Gasteiger partial charge on any atom is -0.369 e. The lowest BCUT2D eigenvalue weighted by Gasteiger charge is -2.06. The average Bonchev–Trinajstić information content (AvgIpc) is 2.11. The highest BCUT2D eigenvalue weighted by atomic mass is 35.5. The molecular formula is C9H12Cl2N2. The van der Waals surface area contributed by atoms with E-state index in [2.05, 4.69) is 17.2 Å². The first-order chi connectivity index (χ1) is 6.24. The SMILES string of the molecule is CCCCNc1nc(Cl)ccc1Cl. The fourth-order valence-electron chi connectivity index (χ4n) is 0.926. The van der Waals surface area contributed by atoms with Gasteiger partial charge in [0, 0.05) is 6.54 Å². The van der Waals surface area contributed by atoms with E-state index in [9.17, 15) is 0 Å². The Balaban J connectivity index is 2.59. The molecule has 72 valence electrons. The summed E-state index contributed by atoms with van der Waals surface area (Å²) in [6.07, 6.45) is 2.25. The third-order valence-electron chi connectivity index (χ3n) is 1.63. The molecule has 1 heterocycles. The molecule has 0 aliphatic rings. The van der Waals surface area contributed by atoms with E-state index in [4.69, 9.17) is 23.2 Å². The summed E-state index contributed by atoms with van der Waals surface area (Å²) in [5, 5.41) is 4.20. The van der Waals surface area contributed by atoms with Crippen molar-refractivity contribution in [3.05, 3.63) is 22.3 Å². The number of anilines is 1. The number of unbranched alkanes of at least 4 members (excludes halogenated alkanes) is 1. The zero-order chi connectivity index (χ0) is 9.68. The molecule has 0 unspecified atom stereocenters. The average molecular weight is 219 g/mol. The molecule has 0 bridgehead atoms. The summed E-state index contributed by atoms with van der Waals surface area (Å²) in [7, 11) is 0. The third kappa shape index (κ3) is 3.41. The predicted octanol–water partition coefficient (Wildman–Crippen LogP) is 3.60. The Morgan fingerprint density at radius 2 is 2.15 bits per heavy atom. The van der Waals surface area contributed by atoms with E-state index in [0.29, 0.717) is 16.0 Å². The van der Waals surface area contributed by atoms with Crippen molar-refractivity contribution in [2.24, 2.45) is 0 Å². The van der Waals surface area contributed by atoms with Gasteiger partial charge in [-0.15, -0.1) is 0 Å². The van der Waals surface area contributed by atoms with Gasteiger partial charge in [0.1, 0.15) is 11.0 Å². The van der Waals surface area contributed by atoms with Crippen LogP contribution in [0.3, 0.4) is 0 Å². The Bertz CT molecular complexity index is 276. The third-order valence-corrected chi connectivity index (χ3v) is 2.15. The first-order valence-electron chi connectivity index (χ1n) is 4.30. The number of rotatable bonds is 4. The van der Waals surface area contributed by atoms with Crippen LogP contribution in [-0.2, 0) is 0 Å². The van der Waals surface area contributed by atoms with Crippen LogP contribution in [0.4, 0.5) is 5.82 Å². The number of aromatic nitrogens is 1. The molecule has 0 amide bonds. The second kappa shape index (κ2) is 5.30. The lowest BCUT2D eigenvalue weighted by Crippen LogP contribution is -2.03. The molecule has 0 aromatic carbocycles. The molecule has 0 saturated carbocycles. The number of pyridine rings is 1. The molecule has 2 nitrogen and oxygen atoms in total. The Labute approximate surface area is 88.3 Å². The lowest BCUT2D eigenvalue weighted by molar-refractivity contribution is 0.831. The van der Waals surface area contributed by atoms with Crippen molar-refractivity contribution in [2.75, 3.05) is 11.9 Å². The lowest BCUT2D eigenvalue weighted by atomic mass is 10.3. The molecule has 0 fully saturated rings. The molecule has 13 heavy (non-hydrogen) atoms. The first kappa shape index (κ1) is 10.6. The van der Waals surface area contributed by atoms with Crippen molar-refractivity contribution in [1.82, 2.24) is 4.98 Å². The predicted molar refractivity (Wildman–Crippen MR) is 57.7 cm³/mol. The zero-order valence-electron chi connectivity index (χ0n) is 7.48. The van der Waals surface area contributed by atoms with E-state index in [-0.39, 0.29) is 0 Å². The van der Waals surface area contributed by atoms with E-state index < -0.39 is 0 Å². The van der Waals surface area contributed by atoms with E-state index in [0.717, 1.165) is 19.4 Å². The van der Waals surface area contributed by atoms with Gasteiger partial charge < -0.3 is 5.32 Å². The van der Waals surface area contributed by atoms with Gasteiger partial charge in [-0.05, 0) is 18.6 Å². The van der Waals surface area contributed by atoms with Gasteiger partial charge in [0.2, 0.25) is 0 Å². The highest BCUT2D eigenvalue weighted by Gasteiger charge is 2.00. The number of nitrogens with one attached hydrogen (secondary N) is 1. The Morgan fingerprint density at radius 1 is 1.38 bits per heavy atom. The standard InChI is InChI=1S/C9H12Cl2N2/c1-2-3-6-12-9-7(10)4-5-8(11)13-9/h4-5H,2-3,6H2,1H3,(H,12,13). The molecule has 0 aliphatic carbocycles. The van der Waals surface area contributed by atoms with E-state index in [1.807, 2.05) is 0 Å². The Kier molecular flexibility index (Phi) is 4.33. The molecule has 1 N–H and O–H groups in total. The van der Waals surface area contributed by atoms with Crippen LogP contribution in [0.1, 0.15) is 19.8 Å². The minimum absolute atomic E-state index is 0.461. The van der Waals surface area contributed by atoms with Crippen LogP contribution in [0, 0.1) is 0 Å². The summed E-state index contributed by atoms with van der Waals surface area (Å²) in [6, 6.07) is 3.42. The minimum atomic E-state index is 0.461. The van der Waals surface area contributed by atoms with Gasteiger partial charge in [0.25, 0.3) is 0 Å². The van der Waals surface area contributed by atoms with Gasteiger partial charge >= 0.3 is 0 Å². The maximum absolute atomic E-state index is 5.89. The largest absolute Gasteiger partial charge is 0.369 e. The van der Waals surface area contributed by atoms with E-state index in [1.165, 1.54) is 0 Å². The summed E-state index contributed by atoms with van der Waals surface area (Å²) >= 11 is 11.6. The van der Waals surface area contributed by atoms with Crippen molar-refractivity contribution in [3.8, 4) is 0 Å². The van der Waals surface area contributed by atoms with Crippen LogP contribution in [0.25, 0.3) is 0 Å². The molecular weight excluding hydrogens is 207 g/mol. The molecule has 1 aromatic heterocycles. The van der Waals surface area contributed by atoms with Crippen molar-refractivity contribution in [1.29, 1.82) is 0 Å². The monoisotopic (exact) mass is 218 g/mol. The van der Waals surface area contributed by atoms with Crippen LogP contribution in [0.5, 0.6) is 0 Å². The second-order valence-electron chi connectivity index (χ2n) is 2.74. The molecule has 0 saturated heterocycles. The van der Waals surface area contributed by atoms with Crippen molar-refractivity contribution in [2.45, 2.75) is 19.8 Å². The van der Waals surface area contributed by atoms with Crippen molar-refractivity contribution < 1.29 is 0 Å². The summed E-state index contributed by atoms with van der Waals surface area (Å²) < 4.78 is 0.